The molecule has 1 aromatic heterocycles. The predicted molar refractivity (Wildman–Crippen MR) is 74.7 cm³/mol. The summed E-state index contributed by atoms with van der Waals surface area (Å²) in [5.41, 5.74) is 2.43. The van der Waals surface area contributed by atoms with Crippen LogP contribution < -0.4 is 5.32 Å². The Hall–Kier alpha value is -0.970. The zero-order chi connectivity index (χ0) is 11.5. The Labute approximate surface area is 109 Å². The monoisotopic (exact) mass is 327 g/mol. The summed E-state index contributed by atoms with van der Waals surface area (Å²) in [5.74, 6) is 1.92. The third-order valence-corrected chi connectivity index (χ3v) is 3.60. The maximum Gasteiger partial charge on any atom is 0.123 e. The first-order chi connectivity index (χ1) is 7.65. The first kappa shape index (κ1) is 11.5. The lowest BCUT2D eigenvalue weighted by molar-refractivity contribution is 0.490. The first-order valence-corrected chi connectivity index (χ1v) is 6.28. The van der Waals surface area contributed by atoms with Gasteiger partial charge >= 0.3 is 0 Å². The topological polar surface area (TPSA) is 25.2 Å². The standard InChI is InChI=1S/C13H14INO/c1-9-3-5-11(7-13(9)14)15-8-12-6-4-10(2)16-12/h3-7,15H,8H2,1-2H3. The molecule has 1 aromatic carbocycles. The van der Waals surface area contributed by atoms with Crippen LogP contribution in [0.2, 0.25) is 0 Å². The van der Waals surface area contributed by atoms with E-state index in [1.165, 1.54) is 9.13 Å². The van der Waals surface area contributed by atoms with Gasteiger partial charge in [-0.15, -0.1) is 0 Å². The van der Waals surface area contributed by atoms with Crippen LogP contribution in [0.25, 0.3) is 0 Å². The second kappa shape index (κ2) is 4.91. The zero-order valence-corrected chi connectivity index (χ0v) is 11.5. The molecule has 0 saturated heterocycles. The molecule has 84 valence electrons. The van der Waals surface area contributed by atoms with Crippen LogP contribution in [0.15, 0.2) is 34.7 Å². The highest BCUT2D eigenvalue weighted by molar-refractivity contribution is 14.1. The van der Waals surface area contributed by atoms with Crippen molar-refractivity contribution in [1.29, 1.82) is 0 Å². The quantitative estimate of drug-likeness (QED) is 0.858. The molecule has 2 aromatic rings. The van der Waals surface area contributed by atoms with Gasteiger partial charge in [-0.2, -0.15) is 0 Å². The van der Waals surface area contributed by atoms with Gasteiger partial charge < -0.3 is 9.73 Å². The van der Waals surface area contributed by atoms with Gasteiger partial charge in [-0.3, -0.25) is 0 Å². The highest BCUT2D eigenvalue weighted by atomic mass is 127. The van der Waals surface area contributed by atoms with Crippen molar-refractivity contribution >= 4 is 28.3 Å². The van der Waals surface area contributed by atoms with Gasteiger partial charge in [-0.05, 0) is 66.3 Å². The van der Waals surface area contributed by atoms with Crippen LogP contribution in [-0.4, -0.2) is 0 Å². The number of benzene rings is 1. The molecule has 0 aliphatic rings. The van der Waals surface area contributed by atoms with Crippen LogP contribution in [-0.2, 0) is 6.54 Å². The van der Waals surface area contributed by atoms with Crippen molar-refractivity contribution in [3.63, 3.8) is 0 Å². The first-order valence-electron chi connectivity index (χ1n) is 5.20. The smallest absolute Gasteiger partial charge is 0.123 e. The summed E-state index contributed by atoms with van der Waals surface area (Å²) in [6.45, 7) is 4.80. The molecule has 2 rings (SSSR count). The van der Waals surface area contributed by atoms with Crippen LogP contribution in [0.3, 0.4) is 0 Å². The summed E-state index contributed by atoms with van der Waals surface area (Å²) in [7, 11) is 0. The van der Waals surface area contributed by atoms with Crippen molar-refractivity contribution in [2.75, 3.05) is 5.32 Å². The van der Waals surface area contributed by atoms with E-state index in [9.17, 15) is 0 Å². The zero-order valence-electron chi connectivity index (χ0n) is 9.38. The van der Waals surface area contributed by atoms with Gasteiger partial charge in [-0.25, -0.2) is 0 Å². The SMILES string of the molecule is Cc1ccc(CNc2ccc(C)c(I)c2)o1. The van der Waals surface area contributed by atoms with E-state index in [1.807, 2.05) is 19.1 Å². The lowest BCUT2D eigenvalue weighted by Crippen LogP contribution is -1.98. The fourth-order valence-corrected chi connectivity index (χ4v) is 1.99. The Morgan fingerprint density at radius 1 is 1.19 bits per heavy atom. The number of aryl methyl sites for hydroxylation is 2. The van der Waals surface area contributed by atoms with Gasteiger partial charge in [0.15, 0.2) is 0 Å². The van der Waals surface area contributed by atoms with Crippen LogP contribution in [0.5, 0.6) is 0 Å². The molecule has 1 heterocycles. The van der Waals surface area contributed by atoms with Crippen molar-refractivity contribution in [2.24, 2.45) is 0 Å². The van der Waals surface area contributed by atoms with Crippen molar-refractivity contribution in [1.82, 2.24) is 0 Å². The van der Waals surface area contributed by atoms with Crippen molar-refractivity contribution < 1.29 is 4.42 Å². The highest BCUT2D eigenvalue weighted by Crippen LogP contribution is 2.18. The summed E-state index contributed by atoms with van der Waals surface area (Å²) in [4.78, 5) is 0. The largest absolute Gasteiger partial charge is 0.465 e. The minimum absolute atomic E-state index is 0.729. The van der Waals surface area contributed by atoms with Gasteiger partial charge in [0.1, 0.15) is 11.5 Å². The van der Waals surface area contributed by atoms with E-state index < -0.39 is 0 Å². The summed E-state index contributed by atoms with van der Waals surface area (Å²) in [5, 5.41) is 3.34. The Kier molecular flexibility index (Phi) is 3.53. The molecular weight excluding hydrogens is 313 g/mol. The van der Waals surface area contributed by atoms with E-state index >= 15 is 0 Å². The van der Waals surface area contributed by atoms with E-state index in [2.05, 4.69) is 53.0 Å². The molecule has 16 heavy (non-hydrogen) atoms. The van der Waals surface area contributed by atoms with Crippen molar-refractivity contribution in [2.45, 2.75) is 20.4 Å². The Morgan fingerprint density at radius 3 is 2.62 bits per heavy atom. The molecule has 0 aliphatic heterocycles. The summed E-state index contributed by atoms with van der Waals surface area (Å²) in [6, 6.07) is 10.3. The molecule has 0 amide bonds. The second-order valence-corrected chi connectivity index (χ2v) is 4.99. The number of rotatable bonds is 3. The minimum Gasteiger partial charge on any atom is -0.465 e. The molecule has 0 aliphatic carbocycles. The maximum atomic E-state index is 5.49. The third-order valence-electron chi connectivity index (χ3n) is 2.43. The Balaban J connectivity index is 2.02. The Bertz CT molecular complexity index is 490. The molecule has 0 saturated carbocycles. The number of hydrogen-bond donors (Lipinski definition) is 1. The predicted octanol–water partition coefficient (Wildman–Crippen LogP) is 4.11. The van der Waals surface area contributed by atoms with Gasteiger partial charge in [0, 0.05) is 9.26 Å². The maximum absolute atomic E-state index is 5.49. The Morgan fingerprint density at radius 2 is 2.00 bits per heavy atom. The van der Waals surface area contributed by atoms with E-state index in [4.69, 9.17) is 4.42 Å². The van der Waals surface area contributed by atoms with Crippen LogP contribution in [0.1, 0.15) is 17.1 Å². The lowest BCUT2D eigenvalue weighted by Gasteiger charge is -2.06. The number of anilines is 1. The summed E-state index contributed by atoms with van der Waals surface area (Å²) < 4.78 is 6.77. The fraction of sp³-hybridized carbons (Fsp3) is 0.231. The molecule has 0 spiro atoms. The normalized spacial score (nSPS) is 10.4. The average Bonchev–Trinajstić information content (AvgIpc) is 2.66. The minimum atomic E-state index is 0.729. The number of halogens is 1. The molecule has 0 unspecified atom stereocenters. The third kappa shape index (κ3) is 2.78. The van der Waals surface area contributed by atoms with E-state index in [1.54, 1.807) is 0 Å². The molecule has 0 atom stereocenters. The molecule has 0 bridgehead atoms. The second-order valence-electron chi connectivity index (χ2n) is 3.83. The fourth-order valence-electron chi connectivity index (χ4n) is 1.47. The van der Waals surface area contributed by atoms with Gasteiger partial charge in [0.05, 0.1) is 6.54 Å². The summed E-state index contributed by atoms with van der Waals surface area (Å²) in [6.07, 6.45) is 0. The highest BCUT2D eigenvalue weighted by Gasteiger charge is 2.00. The molecule has 0 fully saturated rings. The van der Waals surface area contributed by atoms with Crippen LogP contribution in [0, 0.1) is 17.4 Å². The van der Waals surface area contributed by atoms with E-state index in [-0.39, 0.29) is 0 Å². The van der Waals surface area contributed by atoms with Crippen LogP contribution in [0.4, 0.5) is 5.69 Å². The molecular formula is C13H14INO. The number of nitrogens with one attached hydrogen (secondary N) is 1. The van der Waals surface area contributed by atoms with Gasteiger partial charge in [0.2, 0.25) is 0 Å². The van der Waals surface area contributed by atoms with Crippen molar-refractivity contribution in [3.8, 4) is 0 Å². The number of hydrogen-bond acceptors (Lipinski definition) is 2. The summed E-state index contributed by atoms with van der Waals surface area (Å²) >= 11 is 2.35. The lowest BCUT2D eigenvalue weighted by atomic mass is 10.2. The molecule has 3 heteroatoms. The van der Waals surface area contributed by atoms with E-state index in [0.717, 1.165) is 23.8 Å². The molecule has 1 N–H and O–H groups in total. The average molecular weight is 327 g/mol. The van der Waals surface area contributed by atoms with Gasteiger partial charge in [0.25, 0.3) is 0 Å². The molecule has 2 nitrogen and oxygen atoms in total. The van der Waals surface area contributed by atoms with E-state index in [0.29, 0.717) is 0 Å². The number of furan rings is 1. The van der Waals surface area contributed by atoms with Gasteiger partial charge in [-0.1, -0.05) is 6.07 Å². The molecule has 0 radical (unpaired) electrons. The van der Waals surface area contributed by atoms with Crippen molar-refractivity contribution in [3.05, 3.63) is 51.0 Å². The van der Waals surface area contributed by atoms with Crippen LogP contribution >= 0.6 is 22.6 Å².